The van der Waals surface area contributed by atoms with Crippen LogP contribution in [-0.2, 0) is 0 Å². The summed E-state index contributed by atoms with van der Waals surface area (Å²) in [5.74, 6) is 6.89. The van der Waals surface area contributed by atoms with E-state index in [2.05, 4.69) is 15.4 Å². The molecule has 3 rings (SSSR count). The monoisotopic (exact) mass is 314 g/mol. The van der Waals surface area contributed by atoms with Gasteiger partial charge in [0.25, 0.3) is 0 Å². The van der Waals surface area contributed by atoms with Crippen molar-refractivity contribution < 1.29 is 4.74 Å². The Kier molecular flexibility index (Phi) is 4.09. The Hall–Kier alpha value is -2.37. The Balaban J connectivity index is 2.12. The van der Waals surface area contributed by atoms with Gasteiger partial charge in [0.1, 0.15) is 11.6 Å². The van der Waals surface area contributed by atoms with Gasteiger partial charge in [-0.2, -0.15) is 0 Å². The van der Waals surface area contributed by atoms with Crippen LogP contribution in [0.15, 0.2) is 52.4 Å². The third-order valence-corrected chi connectivity index (χ3v) is 3.62. The van der Waals surface area contributed by atoms with Gasteiger partial charge in [-0.3, -0.25) is 4.99 Å². The number of halogens is 1. The molecule has 0 aliphatic carbocycles. The molecule has 0 bridgehead atoms. The van der Waals surface area contributed by atoms with Crippen LogP contribution in [-0.4, -0.2) is 25.2 Å². The minimum Gasteiger partial charge on any atom is -0.497 e. The van der Waals surface area contributed by atoms with Crippen LogP contribution in [0.5, 0.6) is 5.75 Å². The van der Waals surface area contributed by atoms with Gasteiger partial charge in [-0.25, -0.2) is 10.8 Å². The molecule has 0 saturated heterocycles. The summed E-state index contributed by atoms with van der Waals surface area (Å²) in [6, 6.07) is 13.2. The van der Waals surface area contributed by atoms with E-state index in [1.165, 1.54) is 0 Å². The van der Waals surface area contributed by atoms with E-state index in [1.54, 1.807) is 13.2 Å². The van der Waals surface area contributed by atoms with E-state index in [9.17, 15) is 0 Å². The fraction of sp³-hybridized carbons (Fsp3) is 0.125. The molecule has 0 spiro atoms. The predicted octanol–water partition coefficient (Wildman–Crippen LogP) is 2.69. The van der Waals surface area contributed by atoms with Crippen LogP contribution in [0.2, 0.25) is 5.02 Å². The molecule has 0 aromatic heterocycles. The number of fused-ring (bicyclic) bond motifs is 1. The molecule has 0 amide bonds. The smallest absolute Gasteiger partial charge is 0.138 e. The number of hydrazine groups is 1. The quantitative estimate of drug-likeness (QED) is 0.661. The zero-order chi connectivity index (χ0) is 15.5. The van der Waals surface area contributed by atoms with Gasteiger partial charge < -0.3 is 10.2 Å². The molecular formula is C16H15ClN4O. The first-order chi connectivity index (χ1) is 10.7. The second kappa shape index (κ2) is 6.17. The molecule has 5 nitrogen and oxygen atoms in total. The van der Waals surface area contributed by atoms with E-state index in [0.717, 1.165) is 28.3 Å². The topological polar surface area (TPSA) is 72.0 Å². The van der Waals surface area contributed by atoms with E-state index in [1.807, 2.05) is 36.4 Å². The van der Waals surface area contributed by atoms with Gasteiger partial charge >= 0.3 is 0 Å². The lowest BCUT2D eigenvalue weighted by molar-refractivity contribution is 0.415. The van der Waals surface area contributed by atoms with E-state index in [0.29, 0.717) is 17.4 Å². The average Bonchev–Trinajstić information content (AvgIpc) is 2.74. The van der Waals surface area contributed by atoms with Crippen molar-refractivity contribution in [2.45, 2.75) is 0 Å². The zero-order valence-corrected chi connectivity index (χ0v) is 12.8. The maximum atomic E-state index is 6.14. The Morgan fingerprint density at radius 2 is 1.95 bits per heavy atom. The van der Waals surface area contributed by atoms with Crippen LogP contribution in [0.25, 0.3) is 0 Å². The van der Waals surface area contributed by atoms with Crippen LogP contribution >= 0.6 is 11.6 Å². The molecule has 22 heavy (non-hydrogen) atoms. The number of benzene rings is 2. The summed E-state index contributed by atoms with van der Waals surface area (Å²) in [6.45, 7) is 0.379. The molecule has 6 heteroatoms. The van der Waals surface area contributed by atoms with Crippen molar-refractivity contribution in [2.75, 3.05) is 13.7 Å². The number of hydrogen-bond donors (Lipinski definition) is 2. The minimum atomic E-state index is 0.379. The highest BCUT2D eigenvalue weighted by Gasteiger charge is 2.16. The lowest BCUT2D eigenvalue weighted by atomic mass is 10.0. The van der Waals surface area contributed by atoms with Gasteiger partial charge in [0, 0.05) is 16.1 Å². The average molecular weight is 315 g/mol. The number of methoxy groups -OCH3 is 1. The normalized spacial score (nSPS) is 13.6. The summed E-state index contributed by atoms with van der Waals surface area (Å²) >= 11 is 6.14. The molecule has 0 radical (unpaired) electrons. The molecule has 3 N–H and O–H groups in total. The Morgan fingerprint density at radius 1 is 1.18 bits per heavy atom. The summed E-state index contributed by atoms with van der Waals surface area (Å²) < 4.78 is 5.19. The first kappa shape index (κ1) is 14.6. The number of nitrogens with zero attached hydrogens (tertiary/aromatic N) is 2. The largest absolute Gasteiger partial charge is 0.497 e. The molecule has 0 saturated carbocycles. The first-order valence-corrected chi connectivity index (χ1v) is 7.12. The van der Waals surface area contributed by atoms with Gasteiger partial charge in [-0.15, -0.1) is 0 Å². The third-order valence-electron chi connectivity index (χ3n) is 3.39. The number of aliphatic imine (C=N–C) groups is 2. The zero-order valence-electron chi connectivity index (χ0n) is 12.0. The van der Waals surface area contributed by atoms with Crippen LogP contribution < -0.4 is 16.0 Å². The van der Waals surface area contributed by atoms with E-state index in [4.69, 9.17) is 22.2 Å². The first-order valence-electron chi connectivity index (χ1n) is 6.74. The van der Waals surface area contributed by atoms with Crippen LogP contribution in [0.4, 0.5) is 5.69 Å². The van der Waals surface area contributed by atoms with Crippen molar-refractivity contribution in [3.05, 3.63) is 58.6 Å². The van der Waals surface area contributed by atoms with Crippen LogP contribution in [0.3, 0.4) is 0 Å². The number of hydrogen-bond acceptors (Lipinski definition) is 5. The lowest BCUT2D eigenvalue weighted by Gasteiger charge is -2.09. The molecule has 2 aromatic carbocycles. The van der Waals surface area contributed by atoms with Crippen molar-refractivity contribution in [1.29, 1.82) is 0 Å². The molecule has 112 valence electrons. The second-order valence-corrected chi connectivity index (χ2v) is 5.19. The number of rotatable bonds is 2. The standard InChI is InChI=1S/C16H15ClN4O/c1-22-12-5-2-10(3-6-12)16-13-8-11(17)4-7-14(13)20-15(21-18)9-19-16/h2-8H,9,18H2,1H3,(H,20,21). The second-order valence-electron chi connectivity index (χ2n) is 4.76. The molecule has 1 aliphatic rings. The maximum absolute atomic E-state index is 6.14. The van der Waals surface area contributed by atoms with E-state index >= 15 is 0 Å². The number of nitrogens with two attached hydrogens (primary N) is 1. The van der Waals surface area contributed by atoms with Gasteiger partial charge in [0.15, 0.2) is 0 Å². The summed E-state index contributed by atoms with van der Waals surface area (Å²) in [5.41, 5.74) is 6.04. The number of amidine groups is 1. The van der Waals surface area contributed by atoms with Crippen molar-refractivity contribution >= 4 is 28.8 Å². The predicted molar refractivity (Wildman–Crippen MR) is 89.4 cm³/mol. The lowest BCUT2D eigenvalue weighted by Crippen LogP contribution is -2.32. The van der Waals surface area contributed by atoms with Crippen LogP contribution in [0, 0.1) is 0 Å². The number of ether oxygens (including phenoxy) is 1. The molecule has 0 fully saturated rings. The van der Waals surface area contributed by atoms with Gasteiger partial charge in [-0.1, -0.05) is 11.6 Å². The van der Waals surface area contributed by atoms with E-state index < -0.39 is 0 Å². The van der Waals surface area contributed by atoms with E-state index in [-0.39, 0.29) is 0 Å². The molecule has 1 aliphatic heterocycles. The summed E-state index contributed by atoms with van der Waals surface area (Å²) in [5, 5.41) is 0.638. The van der Waals surface area contributed by atoms with Crippen molar-refractivity contribution in [1.82, 2.24) is 5.43 Å². The highest BCUT2D eigenvalue weighted by atomic mass is 35.5. The summed E-state index contributed by atoms with van der Waals surface area (Å²) in [7, 11) is 1.64. The summed E-state index contributed by atoms with van der Waals surface area (Å²) in [6.07, 6.45) is 0. The molecule has 1 heterocycles. The SMILES string of the molecule is COc1ccc(C2=NCC(NN)=Nc3ccc(Cl)cc32)cc1. The molecule has 0 atom stereocenters. The minimum absolute atomic E-state index is 0.379. The molecule has 2 aromatic rings. The highest BCUT2D eigenvalue weighted by molar-refractivity contribution is 6.31. The van der Waals surface area contributed by atoms with Crippen molar-refractivity contribution in [2.24, 2.45) is 15.8 Å². The Morgan fingerprint density at radius 3 is 2.64 bits per heavy atom. The van der Waals surface area contributed by atoms with Crippen molar-refractivity contribution in [3.8, 4) is 5.75 Å². The fourth-order valence-corrected chi connectivity index (χ4v) is 2.46. The molecular weight excluding hydrogens is 300 g/mol. The van der Waals surface area contributed by atoms with Gasteiger partial charge in [-0.05, 0) is 42.5 Å². The van der Waals surface area contributed by atoms with Crippen molar-refractivity contribution in [3.63, 3.8) is 0 Å². The number of nitrogens with one attached hydrogen (secondary N) is 1. The van der Waals surface area contributed by atoms with Gasteiger partial charge in [0.05, 0.1) is 25.1 Å². The van der Waals surface area contributed by atoms with Crippen LogP contribution in [0.1, 0.15) is 11.1 Å². The molecule has 0 unspecified atom stereocenters. The Bertz CT molecular complexity index is 753. The maximum Gasteiger partial charge on any atom is 0.138 e. The fourth-order valence-electron chi connectivity index (χ4n) is 2.29. The summed E-state index contributed by atoms with van der Waals surface area (Å²) in [4.78, 5) is 9.12. The Labute approximate surface area is 133 Å². The highest BCUT2D eigenvalue weighted by Crippen LogP contribution is 2.28. The third kappa shape index (κ3) is 2.81. The van der Waals surface area contributed by atoms with Gasteiger partial charge in [0.2, 0.25) is 0 Å².